The van der Waals surface area contributed by atoms with E-state index in [9.17, 15) is 14.0 Å². The van der Waals surface area contributed by atoms with Gasteiger partial charge in [-0.3, -0.25) is 9.59 Å². The number of fused-ring (bicyclic) bond motifs is 1. The van der Waals surface area contributed by atoms with Gasteiger partial charge in [-0.1, -0.05) is 17.7 Å². The molecule has 41 heavy (non-hydrogen) atoms. The standard InChI is InChI=1S/C32H37ClFN5O2/c1-19(2)39(32(41)26-10-9-24(34)18-28(26)33)29-11-8-22-6-7-23(17-27(22)29)31(40)37(5)25-12-14-38(15-13-25)30-16-20(3)35-21(4)36-30/h6-7,9-10,16-19,25,29H,8,11-15H2,1-5H3/t29-/m1/s1. The van der Waals surface area contributed by atoms with Crippen molar-refractivity contribution in [2.45, 2.75) is 71.5 Å². The molecule has 1 aliphatic carbocycles. The molecule has 2 aromatic carbocycles. The third kappa shape index (κ3) is 5.94. The molecule has 1 aromatic heterocycles. The fraction of sp³-hybridized carbons (Fsp3) is 0.438. The Labute approximate surface area is 246 Å². The lowest BCUT2D eigenvalue weighted by molar-refractivity contribution is 0.0606. The highest BCUT2D eigenvalue weighted by atomic mass is 35.5. The van der Waals surface area contributed by atoms with Crippen LogP contribution < -0.4 is 4.90 Å². The highest BCUT2D eigenvalue weighted by molar-refractivity contribution is 6.33. The number of amides is 2. The van der Waals surface area contributed by atoms with E-state index in [0.717, 1.165) is 67.2 Å². The summed E-state index contributed by atoms with van der Waals surface area (Å²) < 4.78 is 13.7. The maximum atomic E-state index is 13.7. The molecular formula is C32H37ClFN5O2. The Morgan fingerprint density at radius 1 is 1.00 bits per heavy atom. The largest absolute Gasteiger partial charge is 0.356 e. The fourth-order valence-corrected chi connectivity index (χ4v) is 6.50. The lowest BCUT2D eigenvalue weighted by atomic mass is 9.99. The summed E-state index contributed by atoms with van der Waals surface area (Å²) in [7, 11) is 1.88. The topological polar surface area (TPSA) is 69.6 Å². The maximum Gasteiger partial charge on any atom is 0.256 e. The van der Waals surface area contributed by atoms with Gasteiger partial charge in [-0.05, 0) is 94.8 Å². The van der Waals surface area contributed by atoms with Gasteiger partial charge in [0, 0.05) is 49.5 Å². The van der Waals surface area contributed by atoms with Gasteiger partial charge in [0.1, 0.15) is 17.5 Å². The highest BCUT2D eigenvalue weighted by Crippen LogP contribution is 2.39. The number of carbonyl (C=O) groups excluding carboxylic acids is 2. The number of piperidine rings is 1. The second kappa shape index (κ2) is 11.8. The van der Waals surface area contributed by atoms with E-state index in [1.807, 2.05) is 68.8 Å². The molecule has 0 bridgehead atoms. The summed E-state index contributed by atoms with van der Waals surface area (Å²) >= 11 is 6.27. The summed E-state index contributed by atoms with van der Waals surface area (Å²) in [4.78, 5) is 42.3. The van der Waals surface area contributed by atoms with Crippen LogP contribution in [-0.2, 0) is 6.42 Å². The Morgan fingerprint density at radius 2 is 1.73 bits per heavy atom. The maximum absolute atomic E-state index is 13.7. The Kier molecular flexibility index (Phi) is 8.32. The fourth-order valence-electron chi connectivity index (χ4n) is 6.25. The summed E-state index contributed by atoms with van der Waals surface area (Å²) in [6.07, 6.45) is 3.28. The smallest absolute Gasteiger partial charge is 0.256 e. The molecule has 1 atom stereocenters. The minimum absolute atomic E-state index is 0.0189. The molecule has 1 aliphatic heterocycles. The monoisotopic (exact) mass is 577 g/mol. The van der Waals surface area contributed by atoms with Gasteiger partial charge in [0.15, 0.2) is 0 Å². The minimum atomic E-state index is -0.481. The Balaban J connectivity index is 1.32. The molecule has 3 aromatic rings. The van der Waals surface area contributed by atoms with E-state index in [4.69, 9.17) is 11.6 Å². The number of aromatic nitrogens is 2. The zero-order valence-electron chi connectivity index (χ0n) is 24.3. The second-order valence-electron chi connectivity index (χ2n) is 11.4. The minimum Gasteiger partial charge on any atom is -0.356 e. The van der Waals surface area contributed by atoms with Crippen LogP contribution in [0, 0.1) is 19.7 Å². The Hall–Kier alpha value is -3.52. The number of anilines is 1. The molecule has 0 N–H and O–H groups in total. The van der Waals surface area contributed by atoms with Gasteiger partial charge in [-0.15, -0.1) is 0 Å². The molecule has 1 fully saturated rings. The summed E-state index contributed by atoms with van der Waals surface area (Å²) in [6, 6.07) is 11.6. The second-order valence-corrected chi connectivity index (χ2v) is 11.9. The predicted octanol–water partition coefficient (Wildman–Crippen LogP) is 6.17. The predicted molar refractivity (Wildman–Crippen MR) is 159 cm³/mol. The molecule has 5 rings (SSSR count). The Bertz CT molecular complexity index is 1450. The molecular weight excluding hydrogens is 541 g/mol. The van der Waals surface area contributed by atoms with Crippen molar-refractivity contribution in [2.75, 3.05) is 25.0 Å². The van der Waals surface area contributed by atoms with Gasteiger partial charge in [-0.25, -0.2) is 14.4 Å². The molecule has 1 saturated heterocycles. The van der Waals surface area contributed by atoms with Crippen molar-refractivity contribution in [1.82, 2.24) is 19.8 Å². The molecule has 0 unspecified atom stereocenters. The van der Waals surface area contributed by atoms with Crippen molar-refractivity contribution in [3.8, 4) is 0 Å². The lowest BCUT2D eigenvalue weighted by Crippen LogP contribution is -2.46. The highest BCUT2D eigenvalue weighted by Gasteiger charge is 2.35. The van der Waals surface area contributed by atoms with Crippen molar-refractivity contribution in [1.29, 1.82) is 0 Å². The van der Waals surface area contributed by atoms with Crippen LogP contribution in [0.3, 0.4) is 0 Å². The van der Waals surface area contributed by atoms with Gasteiger partial charge >= 0.3 is 0 Å². The first kappa shape index (κ1) is 29.0. The SMILES string of the molecule is Cc1cc(N2CCC(N(C)C(=O)c3ccc4c(c3)[C@H](N(C(=O)c3ccc(F)cc3Cl)C(C)C)CC4)CC2)nc(C)n1. The van der Waals surface area contributed by atoms with Crippen LogP contribution >= 0.6 is 11.6 Å². The lowest BCUT2D eigenvalue weighted by Gasteiger charge is -2.37. The molecule has 9 heteroatoms. The number of halogens is 2. The van der Waals surface area contributed by atoms with Crippen molar-refractivity contribution in [3.63, 3.8) is 0 Å². The number of benzene rings is 2. The molecule has 0 spiro atoms. The zero-order valence-corrected chi connectivity index (χ0v) is 25.1. The quantitative estimate of drug-likeness (QED) is 0.351. The number of carbonyl (C=O) groups is 2. The van der Waals surface area contributed by atoms with E-state index < -0.39 is 5.82 Å². The molecule has 216 valence electrons. The van der Waals surface area contributed by atoms with Gasteiger partial charge in [-0.2, -0.15) is 0 Å². The average molecular weight is 578 g/mol. The van der Waals surface area contributed by atoms with E-state index in [-0.39, 0.29) is 40.5 Å². The van der Waals surface area contributed by atoms with Crippen molar-refractivity contribution in [2.24, 2.45) is 0 Å². The first-order valence-corrected chi connectivity index (χ1v) is 14.7. The Morgan fingerprint density at radius 3 is 2.39 bits per heavy atom. The number of nitrogens with zero attached hydrogens (tertiary/aromatic N) is 5. The van der Waals surface area contributed by atoms with Crippen LogP contribution in [0.4, 0.5) is 10.2 Å². The number of rotatable bonds is 6. The van der Waals surface area contributed by atoms with E-state index >= 15 is 0 Å². The van der Waals surface area contributed by atoms with Crippen molar-refractivity contribution >= 4 is 29.2 Å². The molecule has 0 radical (unpaired) electrons. The van der Waals surface area contributed by atoms with E-state index in [2.05, 4.69) is 14.9 Å². The van der Waals surface area contributed by atoms with E-state index in [1.165, 1.54) is 18.2 Å². The van der Waals surface area contributed by atoms with Gasteiger partial charge in [0.2, 0.25) is 0 Å². The first-order chi connectivity index (χ1) is 19.5. The van der Waals surface area contributed by atoms with Crippen LogP contribution in [0.15, 0.2) is 42.5 Å². The van der Waals surface area contributed by atoms with Crippen LogP contribution in [0.5, 0.6) is 0 Å². The molecule has 2 heterocycles. The first-order valence-electron chi connectivity index (χ1n) is 14.3. The van der Waals surface area contributed by atoms with Crippen LogP contribution in [0.1, 0.15) is 82.5 Å². The molecule has 7 nitrogen and oxygen atoms in total. The van der Waals surface area contributed by atoms with Crippen molar-refractivity contribution in [3.05, 3.63) is 87.1 Å². The number of hydrogen-bond acceptors (Lipinski definition) is 5. The normalized spacial score (nSPS) is 17.1. The van der Waals surface area contributed by atoms with Crippen LogP contribution in [0.25, 0.3) is 0 Å². The van der Waals surface area contributed by atoms with Gasteiger partial charge in [0.25, 0.3) is 11.8 Å². The van der Waals surface area contributed by atoms with E-state index in [0.29, 0.717) is 5.56 Å². The van der Waals surface area contributed by atoms with Crippen LogP contribution in [0.2, 0.25) is 5.02 Å². The summed E-state index contributed by atoms with van der Waals surface area (Å²) in [5.41, 5.74) is 3.99. The molecule has 2 amide bonds. The summed E-state index contributed by atoms with van der Waals surface area (Å²) in [5, 5.41) is 0.0976. The van der Waals surface area contributed by atoms with E-state index in [1.54, 1.807) is 0 Å². The van der Waals surface area contributed by atoms with Gasteiger partial charge in [0.05, 0.1) is 16.6 Å². The number of aryl methyl sites for hydroxylation is 3. The third-order valence-electron chi connectivity index (χ3n) is 8.34. The summed E-state index contributed by atoms with van der Waals surface area (Å²) in [6.45, 7) is 9.46. The van der Waals surface area contributed by atoms with Gasteiger partial charge < -0.3 is 14.7 Å². The average Bonchev–Trinajstić information content (AvgIpc) is 3.34. The molecule has 2 aliphatic rings. The molecule has 0 saturated carbocycles. The number of hydrogen-bond donors (Lipinski definition) is 0. The van der Waals surface area contributed by atoms with Crippen molar-refractivity contribution < 1.29 is 14.0 Å². The van der Waals surface area contributed by atoms with Crippen LogP contribution in [-0.4, -0.2) is 63.8 Å². The zero-order chi connectivity index (χ0) is 29.4. The third-order valence-corrected chi connectivity index (χ3v) is 8.65. The summed E-state index contributed by atoms with van der Waals surface area (Å²) in [5.74, 6) is 0.972.